The molecule has 114 valence electrons. The van der Waals surface area contributed by atoms with E-state index in [2.05, 4.69) is 29.0 Å². The average Bonchev–Trinajstić information content (AvgIpc) is 2.60. The molecule has 0 aliphatic carbocycles. The van der Waals surface area contributed by atoms with Crippen molar-refractivity contribution in [3.8, 4) is 0 Å². The van der Waals surface area contributed by atoms with E-state index < -0.39 is 6.10 Å². The van der Waals surface area contributed by atoms with Crippen LogP contribution in [0.1, 0.15) is 31.4 Å². The Morgan fingerprint density at radius 3 is 2.95 bits per heavy atom. The average molecular weight is 294 g/mol. The Kier molecular flexibility index (Phi) is 3.47. The van der Waals surface area contributed by atoms with Crippen molar-refractivity contribution < 1.29 is 5.11 Å². The van der Waals surface area contributed by atoms with Crippen LogP contribution in [0.15, 0.2) is 48.2 Å². The van der Waals surface area contributed by atoms with Crippen molar-refractivity contribution in [2.75, 3.05) is 13.1 Å². The van der Waals surface area contributed by atoms with Crippen LogP contribution in [0.4, 0.5) is 0 Å². The lowest BCUT2D eigenvalue weighted by molar-refractivity contribution is -0.00340. The second kappa shape index (κ2) is 5.49. The second-order valence-corrected chi connectivity index (χ2v) is 6.48. The molecule has 3 fully saturated rings. The van der Waals surface area contributed by atoms with Crippen molar-refractivity contribution in [2.45, 2.75) is 31.9 Å². The SMILES string of the molecule is C/C=C1\CN2CC[C@@H]1CC2[C@H](O)c1ccnc2ccccc12. The molecule has 1 aromatic heterocycles. The molecule has 5 rings (SSSR count). The fraction of sp³-hybridized carbons (Fsp3) is 0.421. The molecule has 0 radical (unpaired) electrons. The van der Waals surface area contributed by atoms with Crippen LogP contribution < -0.4 is 0 Å². The molecule has 3 nitrogen and oxygen atoms in total. The number of fused-ring (bicyclic) bond motifs is 4. The number of pyridine rings is 1. The van der Waals surface area contributed by atoms with Gasteiger partial charge < -0.3 is 5.11 Å². The topological polar surface area (TPSA) is 36.4 Å². The van der Waals surface area contributed by atoms with Crippen molar-refractivity contribution in [2.24, 2.45) is 5.92 Å². The number of aliphatic hydroxyl groups is 1. The van der Waals surface area contributed by atoms with Crippen LogP contribution in [0.25, 0.3) is 10.9 Å². The minimum atomic E-state index is -0.436. The maximum absolute atomic E-state index is 11.0. The molecule has 3 heteroatoms. The molecule has 2 unspecified atom stereocenters. The largest absolute Gasteiger partial charge is 0.387 e. The van der Waals surface area contributed by atoms with Crippen molar-refractivity contribution in [3.05, 3.63) is 53.7 Å². The van der Waals surface area contributed by atoms with Crippen LogP contribution in [-0.2, 0) is 0 Å². The Labute approximate surface area is 131 Å². The van der Waals surface area contributed by atoms with Crippen molar-refractivity contribution in [1.82, 2.24) is 9.88 Å². The zero-order valence-electron chi connectivity index (χ0n) is 12.9. The predicted molar refractivity (Wildman–Crippen MR) is 88.5 cm³/mol. The smallest absolute Gasteiger partial charge is 0.0952 e. The highest BCUT2D eigenvalue weighted by atomic mass is 16.3. The zero-order valence-corrected chi connectivity index (χ0v) is 12.9. The molecule has 2 aromatic rings. The summed E-state index contributed by atoms with van der Waals surface area (Å²) in [7, 11) is 0. The van der Waals surface area contributed by atoms with Gasteiger partial charge in [-0.3, -0.25) is 9.88 Å². The molecule has 3 aliphatic rings. The van der Waals surface area contributed by atoms with E-state index in [1.54, 1.807) is 5.57 Å². The second-order valence-electron chi connectivity index (χ2n) is 6.48. The maximum Gasteiger partial charge on any atom is 0.0952 e. The molecule has 3 saturated heterocycles. The highest BCUT2D eigenvalue weighted by Gasteiger charge is 2.40. The Morgan fingerprint density at radius 2 is 2.18 bits per heavy atom. The Balaban J connectivity index is 1.68. The summed E-state index contributed by atoms with van der Waals surface area (Å²) in [5.74, 6) is 0.655. The number of hydrogen-bond donors (Lipinski definition) is 1. The van der Waals surface area contributed by atoms with Crippen molar-refractivity contribution >= 4 is 10.9 Å². The molecule has 22 heavy (non-hydrogen) atoms. The minimum absolute atomic E-state index is 0.230. The molecule has 3 aliphatic heterocycles. The standard InChI is InChI=1S/C19H22N2O/c1-2-13-12-21-10-8-14(13)11-18(21)19(22)16-7-9-20-17-6-4-3-5-15(16)17/h2-7,9,14,18-19,22H,8,10-12H2,1H3/b13-2+/t14-,18?,19-/m1/s1. The van der Waals surface area contributed by atoms with Gasteiger partial charge in [-0.15, -0.1) is 0 Å². The van der Waals surface area contributed by atoms with E-state index in [1.165, 1.54) is 6.42 Å². The number of rotatable bonds is 2. The fourth-order valence-electron chi connectivity index (χ4n) is 4.18. The first-order valence-electron chi connectivity index (χ1n) is 8.19. The van der Waals surface area contributed by atoms with Gasteiger partial charge >= 0.3 is 0 Å². The Hall–Kier alpha value is -1.71. The van der Waals surface area contributed by atoms with Gasteiger partial charge in [-0.1, -0.05) is 29.8 Å². The fourth-order valence-corrected chi connectivity index (χ4v) is 4.18. The van der Waals surface area contributed by atoms with Crippen LogP contribution >= 0.6 is 0 Å². The van der Waals surface area contributed by atoms with Gasteiger partial charge in [0.25, 0.3) is 0 Å². The summed E-state index contributed by atoms with van der Waals surface area (Å²) in [4.78, 5) is 6.86. The van der Waals surface area contributed by atoms with Gasteiger partial charge in [0.2, 0.25) is 0 Å². The van der Waals surface area contributed by atoms with Gasteiger partial charge in [0.05, 0.1) is 11.6 Å². The van der Waals surface area contributed by atoms with E-state index in [0.29, 0.717) is 5.92 Å². The molecule has 1 N–H and O–H groups in total. The first-order chi connectivity index (χ1) is 10.8. The van der Waals surface area contributed by atoms with Gasteiger partial charge in [-0.2, -0.15) is 0 Å². The zero-order chi connectivity index (χ0) is 15.1. The molecule has 1 aromatic carbocycles. The van der Waals surface area contributed by atoms with Crippen LogP contribution in [0, 0.1) is 5.92 Å². The first kappa shape index (κ1) is 13.9. The number of nitrogens with zero attached hydrogens (tertiary/aromatic N) is 2. The maximum atomic E-state index is 11.0. The minimum Gasteiger partial charge on any atom is -0.387 e. The van der Waals surface area contributed by atoms with Gasteiger partial charge in [-0.25, -0.2) is 0 Å². The predicted octanol–water partition coefficient (Wildman–Crippen LogP) is 3.31. The summed E-state index contributed by atoms with van der Waals surface area (Å²) < 4.78 is 0. The van der Waals surface area contributed by atoms with E-state index in [4.69, 9.17) is 0 Å². The number of piperidine rings is 3. The number of aromatic nitrogens is 1. The summed E-state index contributed by atoms with van der Waals surface area (Å²) in [6, 6.07) is 10.3. The molecule has 4 atom stereocenters. The Bertz CT molecular complexity index is 719. The molecule has 2 bridgehead atoms. The van der Waals surface area contributed by atoms with Crippen LogP contribution in [-0.4, -0.2) is 34.1 Å². The first-order valence-corrected chi connectivity index (χ1v) is 8.19. The lowest BCUT2D eigenvalue weighted by Crippen LogP contribution is -2.52. The molecule has 0 spiro atoms. The van der Waals surface area contributed by atoms with Crippen LogP contribution in [0.3, 0.4) is 0 Å². The molecule has 4 heterocycles. The molecular formula is C19H22N2O. The van der Waals surface area contributed by atoms with Crippen LogP contribution in [0.5, 0.6) is 0 Å². The van der Waals surface area contributed by atoms with Crippen LogP contribution in [0.2, 0.25) is 0 Å². The lowest BCUT2D eigenvalue weighted by Gasteiger charge is -2.48. The van der Waals surface area contributed by atoms with E-state index in [1.807, 2.05) is 30.5 Å². The molecule has 0 amide bonds. The summed E-state index contributed by atoms with van der Waals surface area (Å²) in [5, 5.41) is 12.1. The number of aliphatic hydroxyl groups excluding tert-OH is 1. The third-order valence-corrected chi connectivity index (χ3v) is 5.41. The third-order valence-electron chi connectivity index (χ3n) is 5.41. The quantitative estimate of drug-likeness (QED) is 0.863. The van der Waals surface area contributed by atoms with E-state index in [0.717, 1.165) is 36.0 Å². The summed E-state index contributed by atoms with van der Waals surface area (Å²) in [5.41, 5.74) is 3.53. The Morgan fingerprint density at radius 1 is 1.32 bits per heavy atom. The van der Waals surface area contributed by atoms with E-state index in [9.17, 15) is 5.11 Å². The van der Waals surface area contributed by atoms with E-state index >= 15 is 0 Å². The number of para-hydroxylation sites is 1. The highest BCUT2D eigenvalue weighted by molar-refractivity contribution is 5.82. The summed E-state index contributed by atoms with van der Waals surface area (Å²) >= 11 is 0. The van der Waals surface area contributed by atoms with Gasteiger partial charge in [0, 0.05) is 24.2 Å². The number of allylic oxidation sites excluding steroid dienone is 1. The van der Waals surface area contributed by atoms with E-state index in [-0.39, 0.29) is 6.04 Å². The molecule has 0 saturated carbocycles. The van der Waals surface area contributed by atoms with Gasteiger partial charge in [0.1, 0.15) is 0 Å². The van der Waals surface area contributed by atoms with Gasteiger partial charge in [0.15, 0.2) is 0 Å². The highest BCUT2D eigenvalue weighted by Crippen LogP contribution is 2.41. The summed E-state index contributed by atoms with van der Waals surface area (Å²) in [6.45, 7) is 4.26. The monoisotopic (exact) mass is 294 g/mol. The van der Waals surface area contributed by atoms with Gasteiger partial charge in [-0.05, 0) is 49.9 Å². The number of benzene rings is 1. The third kappa shape index (κ3) is 2.16. The summed E-state index contributed by atoms with van der Waals surface area (Å²) in [6.07, 6.45) is 5.95. The lowest BCUT2D eigenvalue weighted by atomic mass is 9.76. The van der Waals surface area contributed by atoms with Crippen molar-refractivity contribution in [3.63, 3.8) is 0 Å². The van der Waals surface area contributed by atoms with Crippen molar-refractivity contribution in [1.29, 1.82) is 0 Å². The normalized spacial score (nSPS) is 30.8. The molecular weight excluding hydrogens is 272 g/mol. The number of hydrogen-bond acceptors (Lipinski definition) is 3.